The summed E-state index contributed by atoms with van der Waals surface area (Å²) in [5, 5.41) is 11.3. The lowest BCUT2D eigenvalue weighted by molar-refractivity contribution is 0.487. The average molecular weight is 295 g/mol. The van der Waals surface area contributed by atoms with Crippen LogP contribution in [0.2, 0.25) is 0 Å². The highest BCUT2D eigenvalue weighted by atomic mass is 19.2. The fourth-order valence-corrected chi connectivity index (χ4v) is 2.12. The third-order valence-corrected chi connectivity index (χ3v) is 3.27. The molecule has 0 amide bonds. The zero-order valence-electron chi connectivity index (χ0n) is 12.2. The van der Waals surface area contributed by atoms with Gasteiger partial charge in [0.15, 0.2) is 17.5 Å². The van der Waals surface area contributed by atoms with E-state index < -0.39 is 11.6 Å². The van der Waals surface area contributed by atoms with Crippen LogP contribution in [0, 0.1) is 17.6 Å². The average Bonchev–Trinajstić information content (AvgIpc) is 2.87. The van der Waals surface area contributed by atoms with Gasteiger partial charge in [-0.25, -0.2) is 13.5 Å². The van der Waals surface area contributed by atoms with E-state index in [-0.39, 0.29) is 5.69 Å². The molecule has 0 aliphatic carbocycles. The zero-order chi connectivity index (χ0) is 15.4. The molecule has 1 aromatic carbocycles. The third kappa shape index (κ3) is 3.74. The molecule has 0 radical (unpaired) electrons. The van der Waals surface area contributed by atoms with Crippen LogP contribution < -0.4 is 5.73 Å². The summed E-state index contributed by atoms with van der Waals surface area (Å²) < 4.78 is 28.1. The van der Waals surface area contributed by atoms with Gasteiger partial charge in [0, 0.05) is 23.9 Å². The second-order valence-electron chi connectivity index (χ2n) is 5.47. The van der Waals surface area contributed by atoms with Crippen molar-refractivity contribution in [1.82, 2.24) is 20.2 Å². The molecule has 2 rings (SSSR count). The highest BCUT2D eigenvalue weighted by Gasteiger charge is 2.15. The van der Waals surface area contributed by atoms with Gasteiger partial charge in [-0.3, -0.25) is 0 Å². The molecule has 0 unspecified atom stereocenters. The number of halogens is 2. The molecule has 114 valence electrons. The number of nitrogens with zero attached hydrogens (tertiary/aromatic N) is 4. The van der Waals surface area contributed by atoms with Crippen molar-refractivity contribution in [3.05, 3.63) is 23.8 Å². The second-order valence-corrected chi connectivity index (χ2v) is 5.47. The molecule has 7 heteroatoms. The fourth-order valence-electron chi connectivity index (χ4n) is 2.12. The summed E-state index contributed by atoms with van der Waals surface area (Å²) in [6, 6.07) is 1.98. The first-order valence-electron chi connectivity index (χ1n) is 7.00. The number of nitrogens with two attached hydrogens (primary N) is 1. The lowest BCUT2D eigenvalue weighted by Gasteiger charge is -2.08. The summed E-state index contributed by atoms with van der Waals surface area (Å²) >= 11 is 0. The molecular weight excluding hydrogens is 276 g/mol. The first-order valence-corrected chi connectivity index (χ1v) is 7.00. The Morgan fingerprint density at radius 1 is 1.19 bits per heavy atom. The Labute approximate surface area is 122 Å². The first-order chi connectivity index (χ1) is 9.99. The molecule has 0 fully saturated rings. The van der Waals surface area contributed by atoms with E-state index in [1.165, 1.54) is 0 Å². The van der Waals surface area contributed by atoms with Crippen LogP contribution in [0.25, 0.3) is 11.4 Å². The Morgan fingerprint density at radius 3 is 2.62 bits per heavy atom. The number of aromatic nitrogens is 4. The van der Waals surface area contributed by atoms with E-state index in [1.54, 1.807) is 4.68 Å². The van der Waals surface area contributed by atoms with Crippen molar-refractivity contribution in [3.8, 4) is 11.4 Å². The zero-order valence-corrected chi connectivity index (χ0v) is 12.2. The Kier molecular flexibility index (Phi) is 4.82. The van der Waals surface area contributed by atoms with E-state index in [1.807, 2.05) is 0 Å². The van der Waals surface area contributed by atoms with Gasteiger partial charge in [0.05, 0.1) is 0 Å². The summed E-state index contributed by atoms with van der Waals surface area (Å²) in [6.45, 7) is 4.96. The Morgan fingerprint density at radius 2 is 1.90 bits per heavy atom. The molecule has 0 aliphatic heterocycles. The molecule has 1 heterocycles. The number of benzene rings is 1. The Bertz CT molecular complexity index is 609. The fraction of sp³-hybridized carbons (Fsp3) is 0.500. The predicted octanol–water partition coefficient (Wildman–Crippen LogP) is 3.03. The number of hydrogen-bond donors (Lipinski definition) is 1. The van der Waals surface area contributed by atoms with Gasteiger partial charge in [-0.2, -0.15) is 0 Å². The molecule has 2 aromatic rings. The SMILES string of the molecule is CC(C)CCCCn1nnnc1-c1cc(F)c(F)cc1N. The van der Waals surface area contributed by atoms with Crippen LogP contribution in [-0.4, -0.2) is 20.2 Å². The molecule has 0 saturated heterocycles. The lowest BCUT2D eigenvalue weighted by Crippen LogP contribution is -2.05. The second kappa shape index (κ2) is 6.60. The van der Waals surface area contributed by atoms with Gasteiger partial charge in [0.2, 0.25) is 0 Å². The quantitative estimate of drug-likeness (QED) is 0.657. The smallest absolute Gasteiger partial charge is 0.184 e. The highest BCUT2D eigenvalue weighted by Crippen LogP contribution is 2.26. The molecule has 0 aliphatic rings. The van der Waals surface area contributed by atoms with Crippen LogP contribution in [0.1, 0.15) is 33.1 Å². The van der Waals surface area contributed by atoms with Crippen molar-refractivity contribution in [2.24, 2.45) is 5.92 Å². The summed E-state index contributed by atoms with van der Waals surface area (Å²) in [6.07, 6.45) is 3.11. The van der Waals surface area contributed by atoms with E-state index in [0.29, 0.717) is 23.9 Å². The van der Waals surface area contributed by atoms with Gasteiger partial charge in [0.1, 0.15) is 0 Å². The van der Waals surface area contributed by atoms with Crippen molar-refractivity contribution in [2.45, 2.75) is 39.7 Å². The first kappa shape index (κ1) is 15.3. The van der Waals surface area contributed by atoms with E-state index in [0.717, 1.165) is 31.4 Å². The molecule has 0 spiro atoms. The normalized spacial score (nSPS) is 11.3. The summed E-state index contributed by atoms with van der Waals surface area (Å²) in [5.74, 6) is -0.933. The molecule has 0 saturated carbocycles. The number of aryl methyl sites for hydroxylation is 1. The molecule has 0 bridgehead atoms. The summed E-state index contributed by atoms with van der Waals surface area (Å²) in [5.41, 5.74) is 6.16. The minimum Gasteiger partial charge on any atom is -0.398 e. The van der Waals surface area contributed by atoms with Gasteiger partial charge in [-0.05, 0) is 28.8 Å². The van der Waals surface area contributed by atoms with Gasteiger partial charge >= 0.3 is 0 Å². The monoisotopic (exact) mass is 295 g/mol. The minimum atomic E-state index is -0.979. The van der Waals surface area contributed by atoms with Crippen LogP contribution in [0.4, 0.5) is 14.5 Å². The van der Waals surface area contributed by atoms with Gasteiger partial charge in [0.25, 0.3) is 0 Å². The third-order valence-electron chi connectivity index (χ3n) is 3.27. The maximum Gasteiger partial charge on any atom is 0.184 e. The molecule has 5 nitrogen and oxygen atoms in total. The number of unbranched alkanes of at least 4 members (excludes halogenated alkanes) is 1. The number of tetrazole rings is 1. The van der Waals surface area contributed by atoms with E-state index in [4.69, 9.17) is 5.73 Å². The molecule has 21 heavy (non-hydrogen) atoms. The van der Waals surface area contributed by atoms with Crippen molar-refractivity contribution in [3.63, 3.8) is 0 Å². The van der Waals surface area contributed by atoms with Crippen molar-refractivity contribution in [1.29, 1.82) is 0 Å². The number of anilines is 1. The van der Waals surface area contributed by atoms with Crippen molar-refractivity contribution in [2.75, 3.05) is 5.73 Å². The van der Waals surface area contributed by atoms with Crippen molar-refractivity contribution < 1.29 is 8.78 Å². The minimum absolute atomic E-state index is 0.118. The standard InChI is InChI=1S/C14H19F2N5/c1-9(2)5-3-4-6-21-14(18-19-20-21)10-7-11(15)12(16)8-13(10)17/h7-9H,3-6,17H2,1-2H3. The topological polar surface area (TPSA) is 69.6 Å². The van der Waals surface area contributed by atoms with Crippen LogP contribution in [0.3, 0.4) is 0 Å². The highest BCUT2D eigenvalue weighted by molar-refractivity contribution is 5.71. The van der Waals surface area contributed by atoms with Crippen LogP contribution in [0.5, 0.6) is 0 Å². The van der Waals surface area contributed by atoms with Gasteiger partial charge in [-0.15, -0.1) is 5.10 Å². The number of rotatable bonds is 6. The van der Waals surface area contributed by atoms with Gasteiger partial charge in [-0.1, -0.05) is 26.7 Å². The lowest BCUT2D eigenvalue weighted by atomic mass is 10.1. The van der Waals surface area contributed by atoms with Crippen LogP contribution in [0.15, 0.2) is 12.1 Å². The maximum atomic E-state index is 13.4. The summed E-state index contributed by atoms with van der Waals surface area (Å²) in [7, 11) is 0. The Balaban J connectivity index is 2.15. The van der Waals surface area contributed by atoms with Crippen LogP contribution >= 0.6 is 0 Å². The van der Waals surface area contributed by atoms with Gasteiger partial charge < -0.3 is 5.73 Å². The largest absolute Gasteiger partial charge is 0.398 e. The maximum absolute atomic E-state index is 13.4. The molecule has 1 aromatic heterocycles. The predicted molar refractivity (Wildman–Crippen MR) is 76.3 cm³/mol. The Hall–Kier alpha value is -2.05. The van der Waals surface area contributed by atoms with Crippen molar-refractivity contribution >= 4 is 5.69 Å². The van der Waals surface area contributed by atoms with E-state index in [9.17, 15) is 8.78 Å². The van der Waals surface area contributed by atoms with Crippen LogP contribution in [-0.2, 0) is 6.54 Å². The number of nitrogen functional groups attached to an aromatic ring is 1. The summed E-state index contributed by atoms with van der Waals surface area (Å²) in [4.78, 5) is 0. The van der Waals surface area contributed by atoms with E-state index >= 15 is 0 Å². The molecule has 2 N–H and O–H groups in total. The van der Waals surface area contributed by atoms with E-state index in [2.05, 4.69) is 29.4 Å². The molecule has 0 atom stereocenters. The molecular formula is C14H19F2N5. The number of hydrogen-bond acceptors (Lipinski definition) is 4.